The number of nitrogens with one attached hydrogen (secondary N) is 1. The van der Waals surface area contributed by atoms with E-state index in [2.05, 4.69) is 34.0 Å². The molecule has 0 spiro atoms. The van der Waals surface area contributed by atoms with E-state index < -0.39 is 0 Å². The second kappa shape index (κ2) is 12.9. The van der Waals surface area contributed by atoms with Gasteiger partial charge in [0.2, 0.25) is 11.9 Å². The molecule has 1 aromatic heterocycles. The van der Waals surface area contributed by atoms with Crippen molar-refractivity contribution in [2.45, 2.75) is 103 Å². The highest BCUT2D eigenvalue weighted by atomic mass is 15.3. The smallest absolute Gasteiger partial charge is 0.230 e. The zero-order chi connectivity index (χ0) is 18.5. The first-order chi connectivity index (χ1) is 12.8. The second-order valence-corrected chi connectivity index (χ2v) is 7.70. The number of nitrogens with zero attached hydrogens (tertiary/aromatic N) is 4. The Kier molecular flexibility index (Phi) is 10.4. The van der Waals surface area contributed by atoms with Crippen LogP contribution < -0.4 is 10.2 Å². The van der Waals surface area contributed by atoms with E-state index in [0.29, 0.717) is 6.04 Å². The molecule has 0 bridgehead atoms. The third kappa shape index (κ3) is 7.88. The summed E-state index contributed by atoms with van der Waals surface area (Å²) < 4.78 is 0. The van der Waals surface area contributed by atoms with Crippen LogP contribution in [0.5, 0.6) is 0 Å². The number of aromatic nitrogens is 3. The quantitative estimate of drug-likeness (QED) is 0.465. The maximum atomic E-state index is 4.76. The third-order valence-corrected chi connectivity index (χ3v) is 5.34. The first-order valence-corrected chi connectivity index (χ1v) is 11.0. The molecule has 0 radical (unpaired) electrons. The fourth-order valence-electron chi connectivity index (χ4n) is 3.71. The molecular weight excluding hydrogens is 322 g/mol. The minimum absolute atomic E-state index is 0.529. The van der Waals surface area contributed by atoms with Crippen molar-refractivity contribution in [1.29, 1.82) is 0 Å². The van der Waals surface area contributed by atoms with Gasteiger partial charge in [0.05, 0.1) is 0 Å². The van der Waals surface area contributed by atoms with E-state index in [9.17, 15) is 0 Å². The van der Waals surface area contributed by atoms with Gasteiger partial charge in [-0.25, -0.2) is 9.97 Å². The molecule has 2 rings (SSSR count). The van der Waals surface area contributed by atoms with Gasteiger partial charge < -0.3 is 10.2 Å². The van der Waals surface area contributed by atoms with Gasteiger partial charge in [-0.1, -0.05) is 71.6 Å². The average Bonchev–Trinajstić information content (AvgIpc) is 2.68. The molecule has 0 unspecified atom stereocenters. The molecule has 1 saturated carbocycles. The van der Waals surface area contributed by atoms with Gasteiger partial charge in [0, 0.05) is 19.1 Å². The minimum Gasteiger partial charge on any atom is -0.351 e. The molecule has 0 aliphatic heterocycles. The summed E-state index contributed by atoms with van der Waals surface area (Å²) in [4.78, 5) is 16.0. The van der Waals surface area contributed by atoms with Crippen LogP contribution in [-0.2, 0) is 0 Å². The van der Waals surface area contributed by atoms with Crippen molar-refractivity contribution < 1.29 is 0 Å². The fraction of sp³-hybridized carbons (Fsp3) is 0.857. The lowest BCUT2D eigenvalue weighted by Gasteiger charge is -2.25. The van der Waals surface area contributed by atoms with E-state index in [1.54, 1.807) is 6.33 Å². The normalized spacial score (nSPS) is 15.2. The van der Waals surface area contributed by atoms with E-state index in [4.69, 9.17) is 4.98 Å². The van der Waals surface area contributed by atoms with Crippen LogP contribution >= 0.6 is 0 Å². The highest BCUT2D eigenvalue weighted by molar-refractivity contribution is 5.36. The van der Waals surface area contributed by atoms with E-state index >= 15 is 0 Å². The van der Waals surface area contributed by atoms with Crippen LogP contribution in [0.25, 0.3) is 0 Å². The molecule has 5 heteroatoms. The maximum Gasteiger partial charge on any atom is 0.230 e. The van der Waals surface area contributed by atoms with Crippen LogP contribution in [0, 0.1) is 0 Å². The topological polar surface area (TPSA) is 53.9 Å². The lowest BCUT2D eigenvalue weighted by molar-refractivity contribution is 0.460. The monoisotopic (exact) mass is 361 g/mol. The molecule has 1 aromatic rings. The molecule has 1 N–H and O–H groups in total. The van der Waals surface area contributed by atoms with Crippen molar-refractivity contribution in [3.05, 3.63) is 6.33 Å². The summed E-state index contributed by atoms with van der Waals surface area (Å²) in [6, 6.07) is 0.529. The Morgan fingerprint density at radius 1 is 0.885 bits per heavy atom. The van der Waals surface area contributed by atoms with Gasteiger partial charge >= 0.3 is 0 Å². The molecule has 148 valence electrons. The van der Waals surface area contributed by atoms with Crippen molar-refractivity contribution >= 4 is 11.9 Å². The predicted molar refractivity (Wildman–Crippen MR) is 111 cm³/mol. The van der Waals surface area contributed by atoms with Crippen molar-refractivity contribution in [3.63, 3.8) is 0 Å². The highest BCUT2D eigenvalue weighted by Crippen LogP contribution is 2.21. The van der Waals surface area contributed by atoms with Crippen LogP contribution in [0.1, 0.15) is 97.3 Å². The zero-order valence-electron chi connectivity index (χ0n) is 17.1. The van der Waals surface area contributed by atoms with Gasteiger partial charge in [0.1, 0.15) is 6.33 Å². The van der Waals surface area contributed by atoms with Crippen LogP contribution in [0.15, 0.2) is 6.33 Å². The third-order valence-electron chi connectivity index (χ3n) is 5.34. The number of rotatable bonds is 13. The summed E-state index contributed by atoms with van der Waals surface area (Å²) in [7, 11) is 0. The van der Waals surface area contributed by atoms with Gasteiger partial charge in [-0.3, -0.25) is 0 Å². The van der Waals surface area contributed by atoms with Gasteiger partial charge in [0.25, 0.3) is 0 Å². The average molecular weight is 362 g/mol. The first kappa shape index (κ1) is 20.9. The Morgan fingerprint density at radius 3 is 2.15 bits per heavy atom. The molecule has 1 aliphatic rings. The van der Waals surface area contributed by atoms with Crippen molar-refractivity contribution in [1.82, 2.24) is 15.0 Å². The van der Waals surface area contributed by atoms with Crippen LogP contribution in [0.3, 0.4) is 0 Å². The largest absolute Gasteiger partial charge is 0.351 e. The first-order valence-electron chi connectivity index (χ1n) is 11.0. The standard InChI is InChI=1S/C21H39N5/c1-3-5-7-12-16-26(17-13-8-6-4-2)21-23-18-22-20(25-21)24-19-14-10-9-11-15-19/h18-19H,3-17H2,1-2H3,(H,22,23,24,25). The van der Waals surface area contributed by atoms with Crippen LogP contribution in [-0.4, -0.2) is 34.1 Å². The maximum absolute atomic E-state index is 4.76. The number of unbranched alkanes of at least 4 members (excludes halogenated alkanes) is 6. The van der Waals surface area contributed by atoms with Gasteiger partial charge in [0.15, 0.2) is 0 Å². The fourth-order valence-corrected chi connectivity index (χ4v) is 3.71. The Hall–Kier alpha value is -1.39. The predicted octanol–water partition coefficient (Wildman–Crippen LogP) is 5.58. The van der Waals surface area contributed by atoms with Gasteiger partial charge in [-0.05, 0) is 25.7 Å². The lowest BCUT2D eigenvalue weighted by atomic mass is 9.96. The highest BCUT2D eigenvalue weighted by Gasteiger charge is 2.16. The molecule has 0 amide bonds. The summed E-state index contributed by atoms with van der Waals surface area (Å²) in [6.07, 6.45) is 18.4. The number of hydrogen-bond acceptors (Lipinski definition) is 5. The summed E-state index contributed by atoms with van der Waals surface area (Å²) in [5.41, 5.74) is 0. The Labute approximate surface area is 160 Å². The Morgan fingerprint density at radius 2 is 1.54 bits per heavy atom. The molecule has 0 aromatic carbocycles. The number of hydrogen-bond donors (Lipinski definition) is 1. The molecule has 1 aliphatic carbocycles. The molecule has 0 atom stereocenters. The molecule has 0 saturated heterocycles. The van der Waals surface area contributed by atoms with Crippen LogP contribution in [0.4, 0.5) is 11.9 Å². The van der Waals surface area contributed by atoms with Crippen LogP contribution in [0.2, 0.25) is 0 Å². The molecule has 26 heavy (non-hydrogen) atoms. The van der Waals surface area contributed by atoms with Gasteiger partial charge in [-0.2, -0.15) is 4.98 Å². The molecule has 1 heterocycles. The Balaban J connectivity index is 1.93. The van der Waals surface area contributed by atoms with E-state index in [1.165, 1.54) is 83.5 Å². The molecular formula is C21H39N5. The minimum atomic E-state index is 0.529. The summed E-state index contributed by atoms with van der Waals surface area (Å²) >= 11 is 0. The van der Waals surface area contributed by atoms with E-state index in [1.807, 2.05) is 0 Å². The van der Waals surface area contributed by atoms with E-state index in [0.717, 1.165) is 25.0 Å². The molecule has 5 nitrogen and oxygen atoms in total. The Bertz CT molecular complexity index is 461. The number of anilines is 2. The van der Waals surface area contributed by atoms with E-state index in [-0.39, 0.29) is 0 Å². The zero-order valence-corrected chi connectivity index (χ0v) is 17.1. The summed E-state index contributed by atoms with van der Waals surface area (Å²) in [5.74, 6) is 1.61. The summed E-state index contributed by atoms with van der Waals surface area (Å²) in [5, 5.41) is 3.54. The SMILES string of the molecule is CCCCCCN(CCCCCC)c1ncnc(NC2CCCCC2)n1. The molecule has 1 fully saturated rings. The van der Waals surface area contributed by atoms with Crippen molar-refractivity contribution in [2.24, 2.45) is 0 Å². The van der Waals surface area contributed by atoms with Crippen molar-refractivity contribution in [3.8, 4) is 0 Å². The second-order valence-electron chi connectivity index (χ2n) is 7.70. The lowest BCUT2D eigenvalue weighted by Crippen LogP contribution is -2.29. The summed E-state index contributed by atoms with van der Waals surface area (Å²) in [6.45, 7) is 6.63. The van der Waals surface area contributed by atoms with Gasteiger partial charge in [-0.15, -0.1) is 0 Å². The van der Waals surface area contributed by atoms with Crippen molar-refractivity contribution in [2.75, 3.05) is 23.3 Å².